The molecule has 5 rings (SSSR count). The molecule has 3 atom stereocenters. The van der Waals surface area contributed by atoms with Crippen molar-refractivity contribution in [3.8, 4) is 0 Å². The number of hydrogen-bond donors (Lipinski definition) is 4. The molecule has 0 aliphatic carbocycles. The summed E-state index contributed by atoms with van der Waals surface area (Å²) in [5.41, 5.74) is 8.48. The Bertz CT molecular complexity index is 1470. The number of fused-ring (bicyclic) bond motifs is 1. The van der Waals surface area contributed by atoms with E-state index in [9.17, 15) is 14.4 Å². The van der Waals surface area contributed by atoms with Crippen molar-refractivity contribution in [1.29, 1.82) is 0 Å². The molecule has 4 aromatic rings. The Morgan fingerprint density at radius 1 is 0.738 bits per heavy atom. The number of rotatable bonds is 13. The molecule has 0 bridgehead atoms. The van der Waals surface area contributed by atoms with Crippen molar-refractivity contribution >= 4 is 34.2 Å². The van der Waals surface area contributed by atoms with E-state index in [2.05, 4.69) is 16.0 Å². The fourth-order valence-corrected chi connectivity index (χ4v) is 5.18. The summed E-state index contributed by atoms with van der Waals surface area (Å²) >= 11 is 0. The van der Waals surface area contributed by atoms with Crippen LogP contribution >= 0.6 is 0 Å². The highest BCUT2D eigenvalue weighted by atomic mass is 16.6. The van der Waals surface area contributed by atoms with Crippen LogP contribution in [0.3, 0.4) is 0 Å². The van der Waals surface area contributed by atoms with Gasteiger partial charge in [0.15, 0.2) is 12.2 Å². The topological polar surface area (TPSA) is 126 Å². The maximum Gasteiger partial charge on any atom is 0.253 e. The average molecular weight is 565 g/mol. The van der Waals surface area contributed by atoms with E-state index in [0.717, 1.165) is 28.3 Å². The van der Waals surface area contributed by atoms with Gasteiger partial charge in [-0.15, -0.1) is 0 Å². The fourth-order valence-electron chi connectivity index (χ4n) is 5.18. The number of unbranched alkanes of at least 4 members (excludes halogenated alkanes) is 1. The van der Waals surface area contributed by atoms with Crippen LogP contribution in [0, 0.1) is 0 Å². The molecule has 0 saturated carbocycles. The first-order valence-corrected chi connectivity index (χ1v) is 14.4. The standard InChI is InChI=1S/C34H36N4O4/c35-21-10-9-19-29(32(39)37-28-20-11-17-23-16-7-8-18-26(23)28)38-34(41)31-30(42-31)33(40)36-22-27(24-12-3-1-4-13-24)25-14-5-2-6-15-25/h1-8,11-18,20,27,29-31H,9-10,19,21-22,35H2,(H,36,40)(H,37,39)(H,38,41)/t29-,30-,31-/m0/s1. The van der Waals surface area contributed by atoms with Gasteiger partial charge in [0.05, 0.1) is 0 Å². The maximum atomic E-state index is 13.3. The zero-order valence-corrected chi connectivity index (χ0v) is 23.4. The van der Waals surface area contributed by atoms with Gasteiger partial charge in [0, 0.05) is 23.5 Å². The van der Waals surface area contributed by atoms with Crippen LogP contribution in [-0.2, 0) is 19.1 Å². The van der Waals surface area contributed by atoms with Crippen molar-refractivity contribution in [1.82, 2.24) is 10.6 Å². The third kappa shape index (κ3) is 7.21. The summed E-state index contributed by atoms with van der Waals surface area (Å²) in [7, 11) is 0. The molecule has 0 radical (unpaired) electrons. The monoisotopic (exact) mass is 564 g/mol. The van der Waals surface area contributed by atoms with Crippen molar-refractivity contribution in [2.75, 3.05) is 18.4 Å². The molecule has 1 saturated heterocycles. The Kier molecular flexibility index (Phi) is 9.59. The van der Waals surface area contributed by atoms with Crippen LogP contribution in [0.25, 0.3) is 10.8 Å². The van der Waals surface area contributed by atoms with Crippen LogP contribution in [0.4, 0.5) is 5.69 Å². The number of epoxide rings is 1. The molecule has 42 heavy (non-hydrogen) atoms. The minimum Gasteiger partial charge on any atom is -0.353 e. The lowest BCUT2D eigenvalue weighted by molar-refractivity contribution is -0.127. The van der Waals surface area contributed by atoms with Gasteiger partial charge in [-0.3, -0.25) is 14.4 Å². The molecule has 8 heteroatoms. The molecular weight excluding hydrogens is 528 g/mol. The van der Waals surface area contributed by atoms with Gasteiger partial charge in [-0.05, 0) is 48.4 Å². The van der Waals surface area contributed by atoms with Gasteiger partial charge in [0.1, 0.15) is 6.04 Å². The summed E-state index contributed by atoms with van der Waals surface area (Å²) in [6.45, 7) is 0.850. The van der Waals surface area contributed by atoms with Gasteiger partial charge in [-0.2, -0.15) is 0 Å². The molecule has 0 aromatic heterocycles. The molecule has 0 unspecified atom stereocenters. The lowest BCUT2D eigenvalue weighted by Gasteiger charge is -2.19. The predicted molar refractivity (Wildman–Crippen MR) is 164 cm³/mol. The molecular formula is C34H36N4O4. The van der Waals surface area contributed by atoms with Crippen LogP contribution in [0.2, 0.25) is 0 Å². The SMILES string of the molecule is NCCCC[C@H](NC(=O)[C@H]1O[C@@H]1C(=O)NCC(c1ccccc1)c1ccccc1)C(=O)Nc1cccc2ccccc12. The van der Waals surface area contributed by atoms with E-state index < -0.39 is 24.2 Å². The van der Waals surface area contributed by atoms with Crippen molar-refractivity contribution in [2.45, 2.75) is 43.4 Å². The van der Waals surface area contributed by atoms with Crippen LogP contribution in [0.5, 0.6) is 0 Å². The molecule has 0 spiro atoms. The molecule has 1 fully saturated rings. The van der Waals surface area contributed by atoms with Crippen molar-refractivity contribution in [2.24, 2.45) is 5.73 Å². The molecule has 1 aliphatic rings. The maximum absolute atomic E-state index is 13.3. The number of carbonyl (C=O) groups excluding carboxylic acids is 3. The van der Waals surface area contributed by atoms with Crippen LogP contribution in [-0.4, -0.2) is 49.1 Å². The molecule has 3 amide bonds. The first kappa shape index (κ1) is 29.0. The molecule has 5 N–H and O–H groups in total. The Hall–Kier alpha value is -4.53. The number of ether oxygens (including phenoxy) is 1. The lowest BCUT2D eigenvalue weighted by atomic mass is 9.91. The highest BCUT2D eigenvalue weighted by Crippen LogP contribution is 2.27. The van der Waals surface area contributed by atoms with Crippen LogP contribution < -0.4 is 21.7 Å². The number of nitrogens with one attached hydrogen (secondary N) is 3. The van der Waals surface area contributed by atoms with Gasteiger partial charge in [0.25, 0.3) is 11.8 Å². The summed E-state index contributed by atoms with van der Waals surface area (Å²) < 4.78 is 5.49. The first-order chi connectivity index (χ1) is 20.5. The molecule has 216 valence electrons. The highest BCUT2D eigenvalue weighted by molar-refractivity contribution is 6.05. The molecule has 4 aromatic carbocycles. The largest absolute Gasteiger partial charge is 0.353 e. The minimum absolute atomic E-state index is 0.0490. The number of nitrogens with two attached hydrogens (primary N) is 1. The summed E-state index contributed by atoms with van der Waals surface area (Å²) in [5, 5.41) is 10.6. The number of amides is 3. The molecule has 1 heterocycles. The minimum atomic E-state index is -0.945. The summed E-state index contributed by atoms with van der Waals surface area (Å²) in [6, 6.07) is 32.6. The second-order valence-corrected chi connectivity index (χ2v) is 10.5. The molecule has 8 nitrogen and oxygen atoms in total. The van der Waals surface area contributed by atoms with E-state index in [1.54, 1.807) is 0 Å². The van der Waals surface area contributed by atoms with E-state index in [1.807, 2.05) is 103 Å². The van der Waals surface area contributed by atoms with E-state index in [4.69, 9.17) is 10.5 Å². The van der Waals surface area contributed by atoms with Crippen molar-refractivity contribution in [3.05, 3.63) is 114 Å². The van der Waals surface area contributed by atoms with Gasteiger partial charge in [-0.25, -0.2) is 0 Å². The Morgan fingerprint density at radius 2 is 1.36 bits per heavy atom. The van der Waals surface area contributed by atoms with Gasteiger partial charge < -0.3 is 26.4 Å². The van der Waals surface area contributed by atoms with E-state index in [0.29, 0.717) is 31.6 Å². The predicted octanol–water partition coefficient (Wildman–Crippen LogP) is 4.11. The van der Waals surface area contributed by atoms with Crippen LogP contribution in [0.1, 0.15) is 36.3 Å². The zero-order valence-electron chi connectivity index (χ0n) is 23.4. The second kappa shape index (κ2) is 13.9. The third-order valence-electron chi connectivity index (χ3n) is 7.52. The second-order valence-electron chi connectivity index (χ2n) is 10.5. The van der Waals surface area contributed by atoms with E-state index in [-0.39, 0.29) is 17.7 Å². The zero-order chi connectivity index (χ0) is 29.3. The quantitative estimate of drug-likeness (QED) is 0.144. The van der Waals surface area contributed by atoms with Gasteiger partial charge in [0.2, 0.25) is 5.91 Å². The molecule has 1 aliphatic heterocycles. The Morgan fingerprint density at radius 3 is 2.05 bits per heavy atom. The van der Waals surface area contributed by atoms with E-state index in [1.165, 1.54) is 0 Å². The van der Waals surface area contributed by atoms with Crippen molar-refractivity contribution in [3.63, 3.8) is 0 Å². The number of hydrogen-bond acceptors (Lipinski definition) is 5. The lowest BCUT2D eigenvalue weighted by Crippen LogP contribution is -2.46. The summed E-state index contributed by atoms with van der Waals surface area (Å²) in [6.07, 6.45) is -0.0375. The highest BCUT2D eigenvalue weighted by Gasteiger charge is 2.51. The normalized spacial score (nSPS) is 16.5. The number of anilines is 1. The van der Waals surface area contributed by atoms with E-state index >= 15 is 0 Å². The van der Waals surface area contributed by atoms with Gasteiger partial charge >= 0.3 is 0 Å². The van der Waals surface area contributed by atoms with Crippen molar-refractivity contribution < 1.29 is 19.1 Å². The third-order valence-corrected chi connectivity index (χ3v) is 7.52. The Balaban J connectivity index is 1.20. The number of carbonyl (C=O) groups is 3. The fraction of sp³-hybridized carbons (Fsp3) is 0.265. The number of benzene rings is 4. The average Bonchev–Trinajstić information content (AvgIpc) is 3.83. The first-order valence-electron chi connectivity index (χ1n) is 14.4. The summed E-state index contributed by atoms with van der Waals surface area (Å²) in [4.78, 5) is 39.4. The van der Waals surface area contributed by atoms with Crippen LogP contribution in [0.15, 0.2) is 103 Å². The van der Waals surface area contributed by atoms with Gasteiger partial charge in [-0.1, -0.05) is 97.1 Å². The Labute approximate surface area is 245 Å². The smallest absolute Gasteiger partial charge is 0.253 e. The summed E-state index contributed by atoms with van der Waals surface area (Å²) in [5.74, 6) is -1.21.